The highest BCUT2D eigenvalue weighted by Gasteiger charge is 2.40. The Morgan fingerprint density at radius 1 is 1.38 bits per heavy atom. The molecule has 1 saturated heterocycles. The first kappa shape index (κ1) is 17.1. The van der Waals surface area contributed by atoms with Gasteiger partial charge in [0.15, 0.2) is 5.69 Å². The molecule has 6 nitrogen and oxygen atoms in total. The van der Waals surface area contributed by atoms with Crippen LogP contribution in [0.5, 0.6) is 5.88 Å². The van der Waals surface area contributed by atoms with Gasteiger partial charge < -0.3 is 14.4 Å². The van der Waals surface area contributed by atoms with Gasteiger partial charge in [-0.2, -0.15) is 18.3 Å². The molecule has 1 aliphatic carbocycles. The third kappa shape index (κ3) is 3.50. The average molecular weight is 347 g/mol. The number of hydrogen-bond acceptors (Lipinski definition) is 4. The number of halogens is 3. The van der Waals surface area contributed by atoms with Crippen LogP contribution in [0.15, 0.2) is 6.07 Å². The first-order valence-corrected chi connectivity index (χ1v) is 7.97. The van der Waals surface area contributed by atoms with Crippen molar-refractivity contribution in [1.82, 2.24) is 14.7 Å². The lowest BCUT2D eigenvalue weighted by molar-refractivity contribution is -0.146. The summed E-state index contributed by atoms with van der Waals surface area (Å²) in [6.45, 7) is 2.51. The molecule has 2 aliphatic rings. The van der Waals surface area contributed by atoms with Crippen molar-refractivity contribution in [2.45, 2.75) is 19.0 Å². The molecule has 1 saturated carbocycles. The molecule has 2 heterocycles. The van der Waals surface area contributed by atoms with Gasteiger partial charge >= 0.3 is 6.18 Å². The van der Waals surface area contributed by atoms with E-state index in [0.29, 0.717) is 26.3 Å². The summed E-state index contributed by atoms with van der Waals surface area (Å²) in [6.07, 6.45) is -2.86. The van der Waals surface area contributed by atoms with Gasteiger partial charge in [0.25, 0.3) is 0 Å². The molecular formula is C15H20F3N3O3. The van der Waals surface area contributed by atoms with Gasteiger partial charge in [-0.1, -0.05) is 0 Å². The minimum absolute atomic E-state index is 0.0320. The Morgan fingerprint density at radius 2 is 2.08 bits per heavy atom. The fourth-order valence-corrected chi connectivity index (χ4v) is 3.03. The normalized spacial score (nSPS) is 24.6. The monoisotopic (exact) mass is 347 g/mol. The minimum atomic E-state index is -4.50. The van der Waals surface area contributed by atoms with Gasteiger partial charge in [0.1, 0.15) is 0 Å². The molecule has 3 rings (SSSR count). The molecule has 0 spiro atoms. The topological polar surface area (TPSA) is 56.6 Å². The lowest BCUT2D eigenvalue weighted by Crippen LogP contribution is -2.49. The Hall–Kier alpha value is -1.77. The summed E-state index contributed by atoms with van der Waals surface area (Å²) in [6, 6.07) is 0.886. The van der Waals surface area contributed by atoms with Crippen molar-refractivity contribution in [3.63, 3.8) is 0 Å². The van der Waals surface area contributed by atoms with E-state index >= 15 is 0 Å². The molecular weight excluding hydrogens is 327 g/mol. The molecule has 0 bridgehead atoms. The van der Waals surface area contributed by atoms with Gasteiger partial charge in [0.2, 0.25) is 11.8 Å². The molecule has 24 heavy (non-hydrogen) atoms. The van der Waals surface area contributed by atoms with E-state index in [1.807, 2.05) is 0 Å². The van der Waals surface area contributed by atoms with Crippen molar-refractivity contribution in [3.8, 4) is 5.88 Å². The Balaban J connectivity index is 1.55. The Labute approximate surface area is 137 Å². The largest absolute Gasteiger partial charge is 0.478 e. The van der Waals surface area contributed by atoms with Crippen LogP contribution in [0.25, 0.3) is 0 Å². The van der Waals surface area contributed by atoms with Crippen LogP contribution in [0.1, 0.15) is 18.5 Å². The van der Waals surface area contributed by atoms with E-state index < -0.39 is 11.9 Å². The summed E-state index contributed by atoms with van der Waals surface area (Å²) in [5, 5.41) is 3.41. The van der Waals surface area contributed by atoms with Gasteiger partial charge in [-0.3, -0.25) is 4.79 Å². The second-order valence-corrected chi connectivity index (χ2v) is 6.18. The van der Waals surface area contributed by atoms with Gasteiger partial charge in [0.05, 0.1) is 19.8 Å². The highest BCUT2D eigenvalue weighted by molar-refractivity contribution is 5.80. The van der Waals surface area contributed by atoms with Crippen LogP contribution >= 0.6 is 0 Å². The van der Waals surface area contributed by atoms with Crippen molar-refractivity contribution in [3.05, 3.63) is 11.8 Å². The van der Waals surface area contributed by atoms with Crippen LogP contribution in [0, 0.1) is 11.8 Å². The summed E-state index contributed by atoms with van der Waals surface area (Å²) in [4.78, 5) is 14.3. The zero-order chi connectivity index (χ0) is 17.3. The van der Waals surface area contributed by atoms with Crippen LogP contribution < -0.4 is 4.74 Å². The maximum atomic E-state index is 12.6. The highest BCUT2D eigenvalue weighted by Crippen LogP contribution is 2.37. The van der Waals surface area contributed by atoms with E-state index in [-0.39, 0.29) is 30.2 Å². The molecule has 1 aliphatic heterocycles. The van der Waals surface area contributed by atoms with Gasteiger partial charge in [-0.25, -0.2) is 4.68 Å². The average Bonchev–Trinajstić information content (AvgIpc) is 2.89. The SMILES string of the molecule is Cn1nc(C(F)(F)F)cc1OC[C@@H]1CC[C@@H]1C(=O)N1CCOCC1. The van der Waals surface area contributed by atoms with Crippen LogP contribution in [0.4, 0.5) is 13.2 Å². The van der Waals surface area contributed by atoms with Gasteiger partial charge in [-0.15, -0.1) is 0 Å². The second-order valence-electron chi connectivity index (χ2n) is 6.18. The molecule has 0 N–H and O–H groups in total. The van der Waals surface area contributed by atoms with Gasteiger partial charge in [-0.05, 0) is 12.8 Å². The molecule has 0 aromatic carbocycles. The number of hydrogen-bond donors (Lipinski definition) is 0. The summed E-state index contributed by atoms with van der Waals surface area (Å²) in [5.74, 6) is 0.0777. The molecule has 1 aromatic rings. The van der Waals surface area contributed by atoms with Crippen LogP contribution in [-0.4, -0.2) is 53.5 Å². The summed E-state index contributed by atoms with van der Waals surface area (Å²) in [7, 11) is 1.40. The maximum Gasteiger partial charge on any atom is 0.435 e. The number of aryl methyl sites for hydroxylation is 1. The van der Waals surface area contributed by atoms with Crippen LogP contribution in [-0.2, 0) is 22.8 Å². The van der Waals surface area contributed by atoms with E-state index in [1.54, 1.807) is 4.90 Å². The quantitative estimate of drug-likeness (QED) is 0.832. The Kier molecular flexibility index (Phi) is 4.71. The van der Waals surface area contributed by atoms with Crippen molar-refractivity contribution in [1.29, 1.82) is 0 Å². The third-order valence-electron chi connectivity index (χ3n) is 4.63. The number of nitrogens with zero attached hydrogens (tertiary/aromatic N) is 3. The van der Waals surface area contributed by atoms with E-state index in [9.17, 15) is 18.0 Å². The lowest BCUT2D eigenvalue weighted by Gasteiger charge is -2.39. The minimum Gasteiger partial charge on any atom is -0.478 e. The first-order valence-electron chi connectivity index (χ1n) is 7.97. The standard InChI is InChI=1S/C15H20F3N3O3/c1-20-13(8-12(19-20)15(16,17)18)24-9-10-2-3-11(10)14(22)21-4-6-23-7-5-21/h8,10-11H,2-7,9H2,1H3/t10-,11-/m0/s1. The molecule has 1 aromatic heterocycles. The number of ether oxygens (including phenoxy) is 2. The number of morpholine rings is 1. The van der Waals surface area contributed by atoms with E-state index in [1.165, 1.54) is 7.05 Å². The summed E-state index contributed by atoms with van der Waals surface area (Å²) in [5.41, 5.74) is -0.977. The molecule has 0 radical (unpaired) electrons. The molecule has 9 heteroatoms. The summed E-state index contributed by atoms with van der Waals surface area (Å²) < 4.78 is 49.7. The number of alkyl halides is 3. The zero-order valence-corrected chi connectivity index (χ0v) is 13.4. The molecule has 134 valence electrons. The van der Waals surface area contributed by atoms with E-state index in [0.717, 1.165) is 23.6 Å². The fraction of sp³-hybridized carbons (Fsp3) is 0.733. The predicted molar refractivity (Wildman–Crippen MR) is 77.3 cm³/mol. The maximum absolute atomic E-state index is 12.6. The van der Waals surface area contributed by atoms with E-state index in [4.69, 9.17) is 9.47 Å². The van der Waals surface area contributed by atoms with Crippen molar-refractivity contribution >= 4 is 5.91 Å². The number of rotatable bonds is 4. The molecule has 2 fully saturated rings. The fourth-order valence-electron chi connectivity index (χ4n) is 3.03. The lowest BCUT2D eigenvalue weighted by atomic mass is 9.73. The van der Waals surface area contributed by atoms with Crippen LogP contribution in [0.2, 0.25) is 0 Å². The van der Waals surface area contributed by atoms with Crippen molar-refractivity contribution in [2.24, 2.45) is 18.9 Å². The summed E-state index contributed by atoms with van der Waals surface area (Å²) >= 11 is 0. The van der Waals surface area contributed by atoms with Crippen molar-refractivity contribution < 1.29 is 27.4 Å². The molecule has 0 unspecified atom stereocenters. The number of amides is 1. The number of carbonyl (C=O) groups excluding carboxylic acids is 1. The van der Waals surface area contributed by atoms with E-state index in [2.05, 4.69) is 5.10 Å². The Bertz CT molecular complexity index is 597. The first-order chi connectivity index (χ1) is 11.4. The Morgan fingerprint density at radius 3 is 2.62 bits per heavy atom. The number of carbonyl (C=O) groups is 1. The zero-order valence-electron chi connectivity index (χ0n) is 13.4. The van der Waals surface area contributed by atoms with Crippen LogP contribution in [0.3, 0.4) is 0 Å². The number of aromatic nitrogens is 2. The smallest absolute Gasteiger partial charge is 0.435 e. The predicted octanol–water partition coefficient (Wildman–Crippen LogP) is 1.70. The van der Waals surface area contributed by atoms with Crippen molar-refractivity contribution in [2.75, 3.05) is 32.9 Å². The highest BCUT2D eigenvalue weighted by atomic mass is 19.4. The van der Waals surface area contributed by atoms with Gasteiger partial charge in [0, 0.05) is 38.0 Å². The third-order valence-corrected chi connectivity index (χ3v) is 4.63. The molecule has 2 atom stereocenters. The second kappa shape index (κ2) is 6.62. The molecule has 1 amide bonds.